The summed E-state index contributed by atoms with van der Waals surface area (Å²) in [5, 5.41) is 26.0. The van der Waals surface area contributed by atoms with Gasteiger partial charge in [0, 0.05) is 17.7 Å². The smallest absolute Gasteiger partial charge is 0.309 e. The third-order valence-electron chi connectivity index (χ3n) is 5.80. The molecule has 1 heterocycles. The number of carboxylic acids is 1. The van der Waals surface area contributed by atoms with Crippen LogP contribution < -0.4 is 10.6 Å². The van der Waals surface area contributed by atoms with Crippen LogP contribution in [0.15, 0.2) is 30.3 Å². The second-order valence-corrected chi connectivity index (χ2v) is 11.6. The van der Waals surface area contributed by atoms with Crippen molar-refractivity contribution in [1.29, 1.82) is 0 Å². The quantitative estimate of drug-likeness (QED) is 0.379. The molecule has 35 heavy (non-hydrogen) atoms. The van der Waals surface area contributed by atoms with Crippen LogP contribution >= 0.6 is 11.8 Å². The lowest BCUT2D eigenvalue weighted by Gasteiger charge is -2.31. The second-order valence-electron chi connectivity index (χ2n) is 10.6. The van der Waals surface area contributed by atoms with Crippen LogP contribution in [0.4, 0.5) is 0 Å². The van der Waals surface area contributed by atoms with Crippen molar-refractivity contribution in [1.82, 2.24) is 15.5 Å². The van der Waals surface area contributed by atoms with Crippen LogP contribution in [0, 0.1) is 5.41 Å². The third kappa shape index (κ3) is 8.54. The Bertz CT molecular complexity index is 916. The highest BCUT2D eigenvalue weighted by atomic mass is 32.2. The molecule has 0 radical (unpaired) electrons. The Labute approximate surface area is 211 Å². The summed E-state index contributed by atoms with van der Waals surface area (Å²) in [4.78, 5) is 51.4. The molecule has 1 aromatic carbocycles. The van der Waals surface area contributed by atoms with Crippen LogP contribution in [0.3, 0.4) is 0 Å². The number of hydrogen-bond donors (Lipinski definition) is 4. The van der Waals surface area contributed by atoms with Gasteiger partial charge in [-0.15, -0.1) is 11.8 Å². The lowest BCUT2D eigenvalue weighted by atomic mass is 9.88. The molecule has 1 aliphatic heterocycles. The van der Waals surface area contributed by atoms with Crippen molar-refractivity contribution in [3.8, 4) is 0 Å². The summed E-state index contributed by atoms with van der Waals surface area (Å²) >= 11 is 1.42. The van der Waals surface area contributed by atoms with Gasteiger partial charge in [-0.1, -0.05) is 30.3 Å². The molecule has 0 aromatic heterocycles. The minimum atomic E-state index is -1.57. The molecule has 9 nitrogen and oxygen atoms in total. The largest absolute Gasteiger partial charge is 0.481 e. The van der Waals surface area contributed by atoms with Gasteiger partial charge in [0.2, 0.25) is 11.8 Å². The van der Waals surface area contributed by atoms with Gasteiger partial charge >= 0.3 is 5.97 Å². The predicted molar refractivity (Wildman–Crippen MR) is 135 cm³/mol. The Morgan fingerprint density at radius 1 is 1.11 bits per heavy atom. The van der Waals surface area contributed by atoms with Crippen molar-refractivity contribution >= 4 is 35.5 Å². The zero-order chi connectivity index (χ0) is 26.4. The molecule has 0 saturated carbocycles. The molecule has 1 aliphatic rings. The number of carbonyl (C=O) groups excluding carboxylic acids is 3. The Hall–Kier alpha value is -2.59. The van der Waals surface area contributed by atoms with Gasteiger partial charge in [-0.2, -0.15) is 0 Å². The number of carbonyl (C=O) groups is 4. The van der Waals surface area contributed by atoms with Crippen LogP contribution in [-0.4, -0.2) is 74.2 Å². The summed E-state index contributed by atoms with van der Waals surface area (Å²) in [7, 11) is 0. The third-order valence-corrected chi connectivity index (χ3v) is 6.81. The molecule has 194 valence electrons. The zero-order valence-corrected chi connectivity index (χ0v) is 21.9. The summed E-state index contributed by atoms with van der Waals surface area (Å²) in [5.41, 5.74) is -0.736. The maximum absolute atomic E-state index is 13.3. The van der Waals surface area contributed by atoms with Crippen LogP contribution in [0.1, 0.15) is 53.0 Å². The summed E-state index contributed by atoms with van der Waals surface area (Å²) in [6.45, 7) is 8.63. The van der Waals surface area contributed by atoms with Crippen LogP contribution in [0.25, 0.3) is 0 Å². The summed E-state index contributed by atoms with van der Waals surface area (Å²) in [6.07, 6.45) is -1.34. The first-order valence-electron chi connectivity index (χ1n) is 11.7. The number of benzene rings is 1. The molecule has 3 atom stereocenters. The van der Waals surface area contributed by atoms with Gasteiger partial charge in [0.25, 0.3) is 5.91 Å². The van der Waals surface area contributed by atoms with Crippen molar-refractivity contribution in [2.75, 3.05) is 11.6 Å². The minimum Gasteiger partial charge on any atom is -0.481 e. The molecule has 2 rings (SSSR count). The van der Waals surface area contributed by atoms with E-state index in [1.165, 1.54) is 30.5 Å². The average molecular weight is 508 g/mol. The Kier molecular flexibility index (Phi) is 9.74. The van der Waals surface area contributed by atoms with E-state index < -0.39 is 46.9 Å². The van der Waals surface area contributed by atoms with E-state index in [1.54, 1.807) is 0 Å². The first-order valence-corrected chi connectivity index (χ1v) is 12.8. The van der Waals surface area contributed by atoms with Gasteiger partial charge in [-0.05, 0) is 53.0 Å². The highest BCUT2D eigenvalue weighted by Crippen LogP contribution is 2.25. The molecule has 4 N–H and O–H groups in total. The lowest BCUT2D eigenvalue weighted by Crippen LogP contribution is -2.57. The fourth-order valence-corrected chi connectivity index (χ4v) is 4.76. The maximum Gasteiger partial charge on any atom is 0.309 e. The molecule has 1 aromatic rings. The maximum atomic E-state index is 13.3. The molecular formula is C25H37N3O6S. The SMILES string of the molecule is CC(C)(C)NC(=O)[C@@H]1CSCN1C(=O)[C@@H](O)[C@H](Cc1ccccc1)NC(=O)CCC(C)(C)C(=O)O. The number of aliphatic hydroxyl groups excluding tert-OH is 1. The number of nitrogens with one attached hydrogen (secondary N) is 2. The number of rotatable bonds is 10. The van der Waals surface area contributed by atoms with Gasteiger partial charge in [-0.25, -0.2) is 0 Å². The van der Waals surface area contributed by atoms with Crippen molar-refractivity contribution in [2.45, 2.75) is 77.6 Å². The van der Waals surface area contributed by atoms with E-state index >= 15 is 0 Å². The standard InChI is InChI=1S/C25H37N3O6S/c1-24(2,3)27-21(31)18-14-35-15-28(18)22(32)20(30)17(13-16-9-7-6-8-10-16)26-19(29)11-12-25(4,5)23(33)34/h6-10,17-18,20,30H,11-15H2,1-5H3,(H,26,29)(H,27,31)(H,33,34)/t17-,18-,20-/m0/s1. The molecular weight excluding hydrogens is 470 g/mol. The number of nitrogens with zero attached hydrogens (tertiary/aromatic N) is 1. The predicted octanol–water partition coefficient (Wildman–Crippen LogP) is 1.78. The Balaban J connectivity index is 2.17. The topological polar surface area (TPSA) is 136 Å². The van der Waals surface area contributed by atoms with Crippen LogP contribution in [0.5, 0.6) is 0 Å². The van der Waals surface area contributed by atoms with Crippen molar-refractivity contribution in [2.24, 2.45) is 5.41 Å². The molecule has 0 bridgehead atoms. The number of thioether (sulfide) groups is 1. The minimum absolute atomic E-state index is 0.0678. The van der Waals surface area contributed by atoms with Crippen molar-refractivity contribution < 1.29 is 29.4 Å². The van der Waals surface area contributed by atoms with Gasteiger partial charge < -0.3 is 25.7 Å². The van der Waals surface area contributed by atoms with Gasteiger partial charge in [0.1, 0.15) is 6.04 Å². The van der Waals surface area contributed by atoms with E-state index in [-0.39, 0.29) is 31.0 Å². The van der Waals surface area contributed by atoms with Gasteiger partial charge in [-0.3, -0.25) is 19.2 Å². The zero-order valence-electron chi connectivity index (χ0n) is 21.0. The molecule has 1 saturated heterocycles. The second kappa shape index (κ2) is 11.9. The van der Waals surface area contributed by atoms with E-state index in [9.17, 15) is 29.4 Å². The van der Waals surface area contributed by atoms with Crippen molar-refractivity contribution in [3.63, 3.8) is 0 Å². The Morgan fingerprint density at radius 2 is 1.74 bits per heavy atom. The summed E-state index contributed by atoms with van der Waals surface area (Å²) in [6, 6.07) is 7.48. The van der Waals surface area contributed by atoms with E-state index in [2.05, 4.69) is 10.6 Å². The highest BCUT2D eigenvalue weighted by molar-refractivity contribution is 7.99. The number of carboxylic acid groups (broad SMARTS) is 1. The highest BCUT2D eigenvalue weighted by Gasteiger charge is 2.40. The molecule has 0 unspecified atom stereocenters. The Morgan fingerprint density at radius 3 is 2.31 bits per heavy atom. The molecule has 0 aliphatic carbocycles. The average Bonchev–Trinajstić information content (AvgIpc) is 3.26. The molecule has 0 spiro atoms. The van der Waals surface area contributed by atoms with Gasteiger partial charge in [0.15, 0.2) is 6.10 Å². The van der Waals surface area contributed by atoms with E-state index in [1.807, 2.05) is 51.1 Å². The first kappa shape index (κ1) is 28.6. The fourth-order valence-electron chi connectivity index (χ4n) is 3.59. The van der Waals surface area contributed by atoms with E-state index in [4.69, 9.17) is 0 Å². The summed E-state index contributed by atoms with van der Waals surface area (Å²) in [5.74, 6) is -1.70. The normalized spacial score (nSPS) is 18.0. The molecule has 10 heteroatoms. The van der Waals surface area contributed by atoms with Crippen molar-refractivity contribution in [3.05, 3.63) is 35.9 Å². The number of hydrogen-bond acceptors (Lipinski definition) is 6. The molecule has 3 amide bonds. The van der Waals surface area contributed by atoms with E-state index in [0.29, 0.717) is 5.75 Å². The van der Waals surface area contributed by atoms with Crippen LogP contribution in [0.2, 0.25) is 0 Å². The summed E-state index contributed by atoms with van der Waals surface area (Å²) < 4.78 is 0. The number of amides is 3. The first-order chi connectivity index (χ1) is 16.2. The molecule has 1 fully saturated rings. The monoisotopic (exact) mass is 507 g/mol. The number of aliphatic carboxylic acids is 1. The van der Waals surface area contributed by atoms with E-state index in [0.717, 1.165) is 5.56 Å². The van der Waals surface area contributed by atoms with Gasteiger partial charge in [0.05, 0.1) is 17.3 Å². The number of aliphatic hydroxyl groups is 1. The van der Waals surface area contributed by atoms with Crippen LogP contribution in [-0.2, 0) is 25.6 Å². The fraction of sp³-hybridized carbons (Fsp3) is 0.600. The lowest BCUT2D eigenvalue weighted by molar-refractivity contribution is -0.147.